The molecular weight excluding hydrogens is 600 g/mol. The molecule has 3 heterocycles. The summed E-state index contributed by atoms with van der Waals surface area (Å²) in [6.07, 6.45) is -1.51. The molecule has 2 atom stereocenters. The quantitative estimate of drug-likeness (QED) is 0.321. The molecule has 0 spiro atoms. The first-order valence-corrected chi connectivity index (χ1v) is 13.4. The van der Waals surface area contributed by atoms with Gasteiger partial charge in [0.15, 0.2) is 11.6 Å². The van der Waals surface area contributed by atoms with E-state index in [0.717, 1.165) is 15.7 Å². The molecule has 2 aromatic rings. The van der Waals surface area contributed by atoms with E-state index in [4.69, 9.17) is 9.84 Å². The van der Waals surface area contributed by atoms with Crippen LogP contribution in [0.15, 0.2) is 35.7 Å². The smallest absolute Gasteiger partial charge is 0.449 e. The first-order chi connectivity index (χ1) is 20.4. The summed E-state index contributed by atoms with van der Waals surface area (Å²) in [5.41, 5.74) is -0.872. The highest BCUT2D eigenvalue weighted by molar-refractivity contribution is 5.82. The number of hydrogen-bond donors (Lipinski definition) is 2. The fourth-order valence-electron chi connectivity index (χ4n) is 4.53. The number of alkyl carbamates (subject to hydrolysis) is 1. The number of carbonyl (C=O) groups excluding carboxylic acids is 2. The topological polar surface area (TPSA) is 126 Å². The van der Waals surface area contributed by atoms with Gasteiger partial charge in [0.1, 0.15) is 17.2 Å². The van der Waals surface area contributed by atoms with Crippen molar-refractivity contribution in [2.75, 3.05) is 6.54 Å². The van der Waals surface area contributed by atoms with E-state index in [9.17, 15) is 40.7 Å². The van der Waals surface area contributed by atoms with Crippen LogP contribution in [-0.2, 0) is 35.1 Å². The van der Waals surface area contributed by atoms with Crippen LogP contribution in [-0.4, -0.2) is 61.9 Å². The van der Waals surface area contributed by atoms with Gasteiger partial charge in [-0.3, -0.25) is 14.7 Å². The monoisotopic (exact) mass is 631 g/mol. The number of Topliss-reactive ketones (excluding diaryl/α,β-unsaturated/α-hetero) is 1. The average molecular weight is 632 g/mol. The predicted octanol–water partition coefficient (Wildman–Crippen LogP) is 5.50. The van der Waals surface area contributed by atoms with Crippen molar-refractivity contribution in [1.29, 1.82) is 0 Å². The van der Waals surface area contributed by atoms with Crippen molar-refractivity contribution < 1.29 is 50.6 Å². The molecule has 0 aliphatic carbocycles. The number of nitrogens with zero attached hydrogens (tertiary/aromatic N) is 4. The van der Waals surface area contributed by atoms with Crippen LogP contribution in [0.3, 0.4) is 0 Å². The number of halogens is 6. The standard InChI is InChI=1S/C23H25F6N3O3.C5H6N2O2/c1-22(2,3)35-21(34)31-14(6-13-8-17(25)18(26)10-16(13)24)9-19(33)12-4-5-32-15(7-12)11-30-20(32)23(27,28)29;8-5(9)7-3-1-6-2-4-7/h8,10-12,14H,4-7,9H2,1-3H3,(H,31,34);1-3H,4H2,(H,8,9)/t12-,14?;/m1./s1. The molecule has 0 radical (unpaired) electrons. The van der Waals surface area contributed by atoms with Gasteiger partial charge >= 0.3 is 18.4 Å². The predicted molar refractivity (Wildman–Crippen MR) is 144 cm³/mol. The normalized spacial score (nSPS) is 16.8. The lowest BCUT2D eigenvalue weighted by Crippen LogP contribution is -2.42. The number of rotatable bonds is 6. The summed E-state index contributed by atoms with van der Waals surface area (Å²) in [4.78, 5) is 43.7. The van der Waals surface area contributed by atoms with Crippen LogP contribution in [0.2, 0.25) is 0 Å². The number of hydrogen-bond acceptors (Lipinski definition) is 6. The second-order valence-electron chi connectivity index (χ2n) is 11.1. The van der Waals surface area contributed by atoms with E-state index in [1.54, 1.807) is 20.8 Å². The fourth-order valence-corrected chi connectivity index (χ4v) is 4.53. The molecule has 0 saturated carbocycles. The van der Waals surface area contributed by atoms with Crippen molar-refractivity contribution in [2.24, 2.45) is 10.9 Å². The summed E-state index contributed by atoms with van der Waals surface area (Å²) in [7, 11) is 0. The zero-order valence-electron chi connectivity index (χ0n) is 24.0. The van der Waals surface area contributed by atoms with Gasteiger partial charge in [-0.1, -0.05) is 0 Å². The molecule has 2 aliphatic rings. The number of ether oxygens (including phenoxy) is 1. The van der Waals surface area contributed by atoms with E-state index < -0.39 is 59.2 Å². The van der Waals surface area contributed by atoms with Gasteiger partial charge in [0.2, 0.25) is 5.82 Å². The Labute approximate surface area is 248 Å². The summed E-state index contributed by atoms with van der Waals surface area (Å²) < 4.78 is 86.7. The highest BCUT2D eigenvalue weighted by Gasteiger charge is 2.39. The zero-order valence-corrected chi connectivity index (χ0v) is 24.0. The first kappa shape index (κ1) is 34.1. The van der Waals surface area contributed by atoms with E-state index in [1.165, 1.54) is 18.6 Å². The number of fused-ring (bicyclic) bond motifs is 1. The Morgan fingerprint density at radius 2 is 1.80 bits per heavy atom. The van der Waals surface area contributed by atoms with Crippen molar-refractivity contribution in [1.82, 2.24) is 19.8 Å². The minimum absolute atomic E-state index is 0.0145. The van der Waals surface area contributed by atoms with Crippen LogP contribution < -0.4 is 5.32 Å². The van der Waals surface area contributed by atoms with Gasteiger partial charge < -0.3 is 19.7 Å². The summed E-state index contributed by atoms with van der Waals surface area (Å²) in [6, 6.07) is -0.0110. The Morgan fingerprint density at radius 3 is 2.36 bits per heavy atom. The Hall–Kier alpha value is -4.37. The molecule has 0 saturated heterocycles. The number of ketones is 1. The van der Waals surface area contributed by atoms with E-state index in [1.807, 2.05) is 0 Å². The van der Waals surface area contributed by atoms with Crippen molar-refractivity contribution in [3.05, 3.63) is 65.3 Å². The van der Waals surface area contributed by atoms with Crippen molar-refractivity contribution >= 4 is 24.2 Å². The highest BCUT2D eigenvalue weighted by atomic mass is 19.4. The number of alkyl halides is 3. The van der Waals surface area contributed by atoms with Crippen LogP contribution in [0.1, 0.15) is 50.7 Å². The number of amides is 2. The molecule has 1 unspecified atom stereocenters. The Balaban J connectivity index is 0.000000502. The molecule has 2 amide bonds. The number of carboxylic acid groups (broad SMARTS) is 1. The molecule has 2 aliphatic heterocycles. The number of aliphatic imine (C=N–C) groups is 1. The zero-order chi connectivity index (χ0) is 32.8. The van der Waals surface area contributed by atoms with Crippen molar-refractivity contribution in [3.8, 4) is 0 Å². The van der Waals surface area contributed by atoms with Crippen LogP contribution in [0.5, 0.6) is 0 Å². The Bertz CT molecular complexity index is 1430. The lowest BCUT2D eigenvalue weighted by molar-refractivity contribution is -0.147. The van der Waals surface area contributed by atoms with Crippen molar-refractivity contribution in [3.63, 3.8) is 0 Å². The summed E-state index contributed by atoms with van der Waals surface area (Å²) in [6.45, 7) is 5.13. The molecule has 0 fully saturated rings. The highest BCUT2D eigenvalue weighted by Crippen LogP contribution is 2.33. The number of imidazole rings is 1. The third kappa shape index (κ3) is 9.57. The minimum atomic E-state index is -4.62. The van der Waals surface area contributed by atoms with Crippen LogP contribution in [0, 0.1) is 23.4 Å². The summed E-state index contributed by atoms with van der Waals surface area (Å²) in [5, 5.41) is 10.8. The maximum absolute atomic E-state index is 14.2. The molecule has 16 heteroatoms. The second kappa shape index (κ2) is 13.9. The SMILES string of the molecule is CC(C)(C)OC(=O)NC(CC(=O)[C@@H]1CCn2c(cnc2C(F)(F)F)C1)Cc1cc(F)c(F)cc1F.O=C(O)N1C=CN=CC1. The summed E-state index contributed by atoms with van der Waals surface area (Å²) in [5.74, 6) is -5.78. The molecule has 0 bridgehead atoms. The number of aromatic nitrogens is 2. The van der Waals surface area contributed by atoms with Gasteiger partial charge in [0, 0.05) is 61.5 Å². The molecule has 44 heavy (non-hydrogen) atoms. The summed E-state index contributed by atoms with van der Waals surface area (Å²) >= 11 is 0. The van der Waals surface area contributed by atoms with E-state index >= 15 is 0 Å². The van der Waals surface area contributed by atoms with Crippen molar-refractivity contribution in [2.45, 2.75) is 70.8 Å². The third-order valence-corrected chi connectivity index (χ3v) is 6.49. The molecule has 4 rings (SSSR count). The average Bonchev–Trinajstić information content (AvgIpc) is 3.35. The van der Waals surface area contributed by atoms with E-state index in [-0.39, 0.29) is 49.3 Å². The van der Waals surface area contributed by atoms with Gasteiger partial charge in [-0.2, -0.15) is 13.2 Å². The van der Waals surface area contributed by atoms with Crippen LogP contribution >= 0.6 is 0 Å². The maximum atomic E-state index is 14.2. The second-order valence-corrected chi connectivity index (χ2v) is 11.1. The number of benzene rings is 1. The van der Waals surface area contributed by atoms with Gasteiger partial charge in [-0.25, -0.2) is 27.7 Å². The Kier molecular flexibility index (Phi) is 10.8. The lowest BCUT2D eigenvalue weighted by atomic mass is 9.87. The van der Waals surface area contributed by atoms with Crippen LogP contribution in [0.4, 0.5) is 35.9 Å². The van der Waals surface area contributed by atoms with Gasteiger partial charge in [0.05, 0.1) is 6.54 Å². The molecule has 1 aromatic carbocycles. The van der Waals surface area contributed by atoms with Gasteiger partial charge in [0.25, 0.3) is 0 Å². The molecule has 1 aromatic heterocycles. The van der Waals surface area contributed by atoms with E-state index in [0.29, 0.717) is 18.7 Å². The minimum Gasteiger partial charge on any atom is -0.465 e. The van der Waals surface area contributed by atoms with Gasteiger partial charge in [-0.05, 0) is 51.7 Å². The number of nitrogens with one attached hydrogen (secondary N) is 1. The largest absolute Gasteiger partial charge is 0.465 e. The lowest BCUT2D eigenvalue weighted by Gasteiger charge is -2.27. The molecular formula is C28H31F6N5O5. The fraction of sp³-hybridized carbons (Fsp3) is 0.464. The first-order valence-electron chi connectivity index (χ1n) is 13.4. The maximum Gasteiger partial charge on any atom is 0.449 e. The van der Waals surface area contributed by atoms with E-state index in [2.05, 4.69) is 15.3 Å². The molecule has 10 nitrogen and oxygen atoms in total. The van der Waals surface area contributed by atoms with Crippen LogP contribution in [0.25, 0.3) is 0 Å². The Morgan fingerprint density at radius 1 is 1.11 bits per heavy atom. The third-order valence-electron chi connectivity index (χ3n) is 6.49. The molecule has 2 N–H and O–H groups in total. The van der Waals surface area contributed by atoms with Gasteiger partial charge in [-0.15, -0.1) is 0 Å². The molecule has 240 valence electrons. The number of carbonyl (C=O) groups is 3.